The number of hydrogen-bond donors (Lipinski definition) is 1. The fourth-order valence-electron chi connectivity index (χ4n) is 3.03. The number of aryl methyl sites for hydroxylation is 2. The van der Waals surface area contributed by atoms with Gasteiger partial charge in [-0.05, 0) is 37.8 Å². The van der Waals surface area contributed by atoms with Crippen molar-refractivity contribution in [3.8, 4) is 0 Å². The Morgan fingerprint density at radius 1 is 1.28 bits per heavy atom. The third-order valence-electron chi connectivity index (χ3n) is 4.75. The maximum Gasteiger partial charge on any atom is 0.257 e. The molecule has 1 aromatic heterocycles. The molecule has 0 aliphatic heterocycles. The molecule has 0 bridgehead atoms. The average Bonchev–Trinajstić information content (AvgIpc) is 2.97. The molecule has 0 fully saturated rings. The van der Waals surface area contributed by atoms with Crippen molar-refractivity contribution >= 4 is 5.91 Å². The Morgan fingerprint density at radius 2 is 2.00 bits per heavy atom. The first-order chi connectivity index (χ1) is 12.0. The van der Waals surface area contributed by atoms with Gasteiger partial charge < -0.3 is 10.0 Å². The molecule has 1 atom stereocenters. The zero-order chi connectivity index (χ0) is 18.4. The number of carbonyl (C=O) groups is 1. The lowest BCUT2D eigenvalue weighted by Gasteiger charge is -2.30. The quantitative estimate of drug-likeness (QED) is 0.800. The van der Waals surface area contributed by atoms with Gasteiger partial charge in [-0.2, -0.15) is 5.10 Å². The minimum absolute atomic E-state index is 0.0454. The maximum absolute atomic E-state index is 13.2. The van der Waals surface area contributed by atoms with Crippen molar-refractivity contribution < 1.29 is 9.90 Å². The molecule has 1 aromatic carbocycles. The molecular formula is C20H29N3O2. The first-order valence-corrected chi connectivity index (χ1v) is 9.02. The Labute approximate surface area is 150 Å². The molecule has 0 spiro atoms. The molecule has 5 nitrogen and oxygen atoms in total. The number of benzene rings is 1. The van der Waals surface area contributed by atoms with Crippen LogP contribution >= 0.6 is 0 Å². The van der Waals surface area contributed by atoms with Crippen LogP contribution in [0.25, 0.3) is 0 Å². The van der Waals surface area contributed by atoms with E-state index in [-0.39, 0.29) is 18.6 Å². The van der Waals surface area contributed by atoms with Gasteiger partial charge in [-0.1, -0.05) is 38.1 Å². The van der Waals surface area contributed by atoms with Crippen LogP contribution in [0.5, 0.6) is 0 Å². The van der Waals surface area contributed by atoms with Gasteiger partial charge in [0.15, 0.2) is 0 Å². The Kier molecular flexibility index (Phi) is 6.76. The van der Waals surface area contributed by atoms with Gasteiger partial charge in [0.1, 0.15) is 0 Å². The smallest absolute Gasteiger partial charge is 0.257 e. The van der Waals surface area contributed by atoms with Crippen LogP contribution < -0.4 is 0 Å². The molecule has 1 amide bonds. The van der Waals surface area contributed by atoms with Crippen molar-refractivity contribution in [1.29, 1.82) is 0 Å². The molecule has 2 aromatic rings. The third kappa shape index (κ3) is 4.28. The minimum atomic E-state index is -0.207. The van der Waals surface area contributed by atoms with E-state index in [2.05, 4.69) is 12.0 Å². The van der Waals surface area contributed by atoms with E-state index in [1.807, 2.05) is 49.7 Å². The summed E-state index contributed by atoms with van der Waals surface area (Å²) in [6.07, 6.45) is 3.33. The van der Waals surface area contributed by atoms with Gasteiger partial charge in [-0.25, -0.2) is 0 Å². The van der Waals surface area contributed by atoms with Crippen LogP contribution in [-0.4, -0.2) is 38.3 Å². The van der Waals surface area contributed by atoms with Gasteiger partial charge in [0.2, 0.25) is 0 Å². The number of carbonyl (C=O) groups excluding carboxylic acids is 1. The monoisotopic (exact) mass is 343 g/mol. The third-order valence-corrected chi connectivity index (χ3v) is 4.75. The summed E-state index contributed by atoms with van der Waals surface area (Å²) in [7, 11) is 0. The van der Waals surface area contributed by atoms with Gasteiger partial charge in [-0.3, -0.25) is 9.48 Å². The Hall–Kier alpha value is -2.14. The summed E-state index contributed by atoms with van der Waals surface area (Å²) in [4.78, 5) is 15.0. The lowest BCUT2D eigenvalue weighted by Crippen LogP contribution is -2.42. The summed E-state index contributed by atoms with van der Waals surface area (Å²) >= 11 is 0. The van der Waals surface area contributed by atoms with E-state index >= 15 is 0 Å². The van der Waals surface area contributed by atoms with Crippen molar-refractivity contribution in [3.05, 3.63) is 52.8 Å². The maximum atomic E-state index is 13.2. The number of rotatable bonds is 8. The normalized spacial score (nSPS) is 12.2. The fourth-order valence-corrected chi connectivity index (χ4v) is 3.03. The summed E-state index contributed by atoms with van der Waals surface area (Å²) in [5.74, 6) is -0.0657. The van der Waals surface area contributed by atoms with Crippen LogP contribution in [0.4, 0.5) is 0 Å². The van der Waals surface area contributed by atoms with Crippen molar-refractivity contribution in [2.75, 3.05) is 6.61 Å². The molecule has 0 saturated carbocycles. The van der Waals surface area contributed by atoms with Gasteiger partial charge >= 0.3 is 0 Å². The van der Waals surface area contributed by atoms with E-state index in [0.29, 0.717) is 18.5 Å². The zero-order valence-corrected chi connectivity index (χ0v) is 15.7. The second-order valence-corrected chi connectivity index (χ2v) is 6.47. The summed E-state index contributed by atoms with van der Waals surface area (Å²) in [6.45, 7) is 9.30. The van der Waals surface area contributed by atoms with E-state index in [1.54, 1.807) is 11.1 Å². The van der Waals surface area contributed by atoms with Crippen LogP contribution in [0.1, 0.15) is 53.9 Å². The molecule has 136 valence electrons. The molecule has 0 unspecified atom stereocenters. The molecule has 0 aliphatic rings. The van der Waals surface area contributed by atoms with Crippen LogP contribution in [0.2, 0.25) is 0 Å². The first-order valence-electron chi connectivity index (χ1n) is 9.02. The molecule has 0 aliphatic carbocycles. The Balaban J connectivity index is 2.35. The van der Waals surface area contributed by atoms with E-state index in [0.717, 1.165) is 29.8 Å². The minimum Gasteiger partial charge on any atom is -0.394 e. The number of aliphatic hydroxyl groups is 1. The van der Waals surface area contributed by atoms with Crippen molar-refractivity contribution in [1.82, 2.24) is 14.7 Å². The predicted molar refractivity (Wildman–Crippen MR) is 99.5 cm³/mol. The van der Waals surface area contributed by atoms with Gasteiger partial charge in [0.25, 0.3) is 5.91 Å². The molecule has 25 heavy (non-hydrogen) atoms. The van der Waals surface area contributed by atoms with Crippen molar-refractivity contribution in [2.45, 2.75) is 59.7 Å². The number of hydrogen-bond acceptors (Lipinski definition) is 3. The van der Waals surface area contributed by atoms with Gasteiger partial charge in [-0.15, -0.1) is 0 Å². The molecule has 1 heterocycles. The fraction of sp³-hybridized carbons (Fsp3) is 0.500. The number of nitrogens with zero attached hydrogens (tertiary/aromatic N) is 3. The molecule has 0 saturated heterocycles. The second kappa shape index (κ2) is 8.81. The summed E-state index contributed by atoms with van der Waals surface area (Å²) in [5, 5.41) is 14.1. The van der Waals surface area contributed by atoms with Crippen molar-refractivity contribution in [3.63, 3.8) is 0 Å². The highest BCUT2D eigenvalue weighted by atomic mass is 16.3. The molecule has 5 heteroatoms. The average molecular weight is 343 g/mol. The van der Waals surface area contributed by atoms with Crippen LogP contribution in [0.15, 0.2) is 30.5 Å². The zero-order valence-electron chi connectivity index (χ0n) is 15.7. The topological polar surface area (TPSA) is 58.4 Å². The molecule has 2 rings (SSSR count). The van der Waals surface area contributed by atoms with E-state index < -0.39 is 0 Å². The molecule has 1 N–H and O–H groups in total. The standard InChI is InChI=1S/C20H29N3O2/c1-5-11-23-16(4)19(12-21-23)20(25)22(18(6-2)14-24)13-17-10-8-7-9-15(17)3/h7-10,12,18,24H,5-6,11,13-14H2,1-4H3/t18-/m1/s1. The second-order valence-electron chi connectivity index (χ2n) is 6.47. The summed E-state index contributed by atoms with van der Waals surface area (Å²) < 4.78 is 1.87. The highest BCUT2D eigenvalue weighted by Crippen LogP contribution is 2.19. The van der Waals surface area contributed by atoms with Gasteiger partial charge in [0.05, 0.1) is 24.4 Å². The van der Waals surface area contributed by atoms with E-state index in [4.69, 9.17) is 0 Å². The molecular weight excluding hydrogens is 314 g/mol. The van der Waals surface area contributed by atoms with Crippen LogP contribution in [0, 0.1) is 13.8 Å². The molecule has 0 radical (unpaired) electrons. The van der Waals surface area contributed by atoms with Crippen LogP contribution in [-0.2, 0) is 13.1 Å². The number of amides is 1. The first kappa shape index (κ1) is 19.2. The number of aromatic nitrogens is 2. The number of aliphatic hydroxyl groups excluding tert-OH is 1. The Morgan fingerprint density at radius 3 is 2.60 bits per heavy atom. The largest absolute Gasteiger partial charge is 0.394 e. The van der Waals surface area contributed by atoms with E-state index in [9.17, 15) is 9.90 Å². The predicted octanol–water partition coefficient (Wildman–Crippen LogP) is 3.32. The van der Waals surface area contributed by atoms with E-state index in [1.165, 1.54) is 0 Å². The van der Waals surface area contributed by atoms with Crippen LogP contribution in [0.3, 0.4) is 0 Å². The lowest BCUT2D eigenvalue weighted by molar-refractivity contribution is 0.0562. The lowest BCUT2D eigenvalue weighted by atomic mass is 10.1. The summed E-state index contributed by atoms with van der Waals surface area (Å²) in [6, 6.07) is 7.85. The summed E-state index contributed by atoms with van der Waals surface area (Å²) in [5.41, 5.74) is 3.75. The highest BCUT2D eigenvalue weighted by molar-refractivity contribution is 5.95. The van der Waals surface area contributed by atoms with Gasteiger partial charge in [0, 0.05) is 18.8 Å². The van der Waals surface area contributed by atoms with Crippen molar-refractivity contribution in [2.24, 2.45) is 0 Å². The SMILES string of the molecule is CCCn1ncc(C(=O)N(Cc2ccccc2C)[C@H](CC)CO)c1C. The Bertz CT molecular complexity index is 705. The highest BCUT2D eigenvalue weighted by Gasteiger charge is 2.26.